The molecule has 122 valence electrons. The second-order valence-corrected chi connectivity index (χ2v) is 6.58. The van der Waals surface area contributed by atoms with Gasteiger partial charge in [-0.1, -0.05) is 22.9 Å². The van der Waals surface area contributed by atoms with Gasteiger partial charge in [0, 0.05) is 16.8 Å². The molecular weight excluding hydrogens is 336 g/mol. The van der Waals surface area contributed by atoms with Crippen LogP contribution in [0.2, 0.25) is 5.02 Å². The summed E-state index contributed by atoms with van der Waals surface area (Å²) in [6.45, 7) is 5.49. The summed E-state index contributed by atoms with van der Waals surface area (Å²) in [5, 5.41) is 9.04. The Morgan fingerprint density at radius 3 is 2.43 bits per heavy atom. The second kappa shape index (κ2) is 7.43. The Bertz CT molecular complexity index is 713. The quantitative estimate of drug-likeness (QED) is 0.780. The molecule has 0 atom stereocenters. The molecule has 0 saturated carbocycles. The number of nitrogens with zero attached hydrogens (tertiary/aromatic N) is 1. The van der Waals surface area contributed by atoms with Crippen LogP contribution in [-0.2, 0) is 0 Å². The summed E-state index contributed by atoms with van der Waals surface area (Å²) in [5.41, 5.74) is 1.19. The number of carbonyl (C=O) groups excluding carboxylic acids is 2. The van der Waals surface area contributed by atoms with E-state index in [-0.39, 0.29) is 11.9 Å². The van der Waals surface area contributed by atoms with Crippen LogP contribution in [0.4, 0.5) is 15.6 Å². The topological polar surface area (TPSA) is 83.1 Å². The monoisotopic (exact) mass is 352 g/mol. The van der Waals surface area contributed by atoms with Crippen molar-refractivity contribution in [3.63, 3.8) is 0 Å². The number of aromatic nitrogens is 1. The van der Waals surface area contributed by atoms with Crippen LogP contribution in [0.25, 0.3) is 0 Å². The summed E-state index contributed by atoms with van der Waals surface area (Å²) in [7, 11) is 0. The van der Waals surface area contributed by atoms with Gasteiger partial charge in [0.05, 0.1) is 5.69 Å². The number of nitrogens with one attached hydrogen (secondary N) is 3. The van der Waals surface area contributed by atoms with Crippen molar-refractivity contribution in [3.05, 3.63) is 39.9 Å². The standard InChI is InChI=1S/C15H17ClN4O2S/c1-8(2)17-13(21)12-9(3)18-15(23-12)20-14(22)19-11-6-4-10(16)5-7-11/h4-8H,1-3H3,(H,17,21)(H2,18,19,20,22). The van der Waals surface area contributed by atoms with Gasteiger partial charge in [0.2, 0.25) is 0 Å². The van der Waals surface area contributed by atoms with Crippen LogP contribution in [0, 0.1) is 6.92 Å². The van der Waals surface area contributed by atoms with Gasteiger partial charge in [-0.05, 0) is 45.0 Å². The van der Waals surface area contributed by atoms with Crippen LogP contribution in [0.15, 0.2) is 24.3 Å². The van der Waals surface area contributed by atoms with E-state index in [9.17, 15) is 9.59 Å². The number of rotatable bonds is 4. The minimum Gasteiger partial charge on any atom is -0.349 e. The predicted molar refractivity (Wildman–Crippen MR) is 93.5 cm³/mol. The summed E-state index contributed by atoms with van der Waals surface area (Å²) in [4.78, 5) is 28.6. The smallest absolute Gasteiger partial charge is 0.325 e. The third-order valence-corrected chi connectivity index (χ3v) is 4.07. The highest BCUT2D eigenvalue weighted by atomic mass is 35.5. The van der Waals surface area contributed by atoms with Crippen molar-refractivity contribution in [2.45, 2.75) is 26.8 Å². The number of hydrogen-bond acceptors (Lipinski definition) is 4. The molecule has 6 nitrogen and oxygen atoms in total. The van der Waals surface area contributed by atoms with E-state index < -0.39 is 6.03 Å². The number of benzene rings is 1. The average Bonchev–Trinajstić information content (AvgIpc) is 2.81. The fourth-order valence-corrected chi connectivity index (χ4v) is 2.77. The van der Waals surface area contributed by atoms with E-state index in [1.54, 1.807) is 31.2 Å². The van der Waals surface area contributed by atoms with Gasteiger partial charge in [0.1, 0.15) is 4.88 Å². The maximum Gasteiger partial charge on any atom is 0.325 e. The number of urea groups is 1. The molecule has 1 heterocycles. The number of halogens is 1. The first-order chi connectivity index (χ1) is 10.8. The molecule has 0 aliphatic carbocycles. The Morgan fingerprint density at radius 1 is 1.17 bits per heavy atom. The molecule has 3 N–H and O–H groups in total. The molecule has 1 aromatic heterocycles. The zero-order valence-corrected chi connectivity index (χ0v) is 14.5. The molecule has 8 heteroatoms. The zero-order chi connectivity index (χ0) is 17.0. The van der Waals surface area contributed by atoms with Gasteiger partial charge < -0.3 is 10.6 Å². The van der Waals surface area contributed by atoms with Gasteiger partial charge in [-0.25, -0.2) is 9.78 Å². The van der Waals surface area contributed by atoms with Gasteiger partial charge in [-0.2, -0.15) is 0 Å². The summed E-state index contributed by atoms with van der Waals surface area (Å²) in [6, 6.07) is 6.34. The molecule has 0 fully saturated rings. The minimum absolute atomic E-state index is 0.0358. The van der Waals surface area contributed by atoms with Crippen molar-refractivity contribution in [2.75, 3.05) is 10.6 Å². The lowest BCUT2D eigenvalue weighted by Crippen LogP contribution is -2.29. The largest absolute Gasteiger partial charge is 0.349 e. The van der Waals surface area contributed by atoms with E-state index in [1.165, 1.54) is 0 Å². The first-order valence-corrected chi connectivity index (χ1v) is 8.16. The number of anilines is 2. The molecule has 0 bridgehead atoms. The van der Waals surface area contributed by atoms with Crippen molar-refractivity contribution < 1.29 is 9.59 Å². The SMILES string of the molecule is Cc1nc(NC(=O)Nc2ccc(Cl)cc2)sc1C(=O)NC(C)C. The minimum atomic E-state index is -0.433. The van der Waals surface area contributed by atoms with Crippen LogP contribution in [-0.4, -0.2) is 23.0 Å². The van der Waals surface area contributed by atoms with Crippen LogP contribution in [0.5, 0.6) is 0 Å². The number of carbonyl (C=O) groups is 2. The molecule has 2 rings (SSSR count). The van der Waals surface area contributed by atoms with Crippen molar-refractivity contribution in [2.24, 2.45) is 0 Å². The second-order valence-electron chi connectivity index (χ2n) is 5.15. The first-order valence-electron chi connectivity index (χ1n) is 6.97. The van der Waals surface area contributed by atoms with Gasteiger partial charge >= 0.3 is 6.03 Å². The first kappa shape index (κ1) is 17.2. The number of hydrogen-bond donors (Lipinski definition) is 3. The maximum atomic E-state index is 12.0. The lowest BCUT2D eigenvalue weighted by atomic mass is 10.3. The van der Waals surface area contributed by atoms with Crippen LogP contribution < -0.4 is 16.0 Å². The predicted octanol–water partition coefficient (Wildman–Crippen LogP) is 3.89. The fraction of sp³-hybridized carbons (Fsp3) is 0.267. The maximum absolute atomic E-state index is 12.0. The van der Waals surface area contributed by atoms with Crippen molar-refractivity contribution in [1.82, 2.24) is 10.3 Å². The third-order valence-electron chi connectivity index (χ3n) is 2.75. The van der Waals surface area contributed by atoms with Crippen molar-refractivity contribution in [3.8, 4) is 0 Å². The molecule has 0 aliphatic rings. The summed E-state index contributed by atoms with van der Waals surface area (Å²) in [5.74, 6) is -0.193. The molecule has 3 amide bonds. The van der Waals surface area contributed by atoms with E-state index in [0.717, 1.165) is 11.3 Å². The Labute approximate surface area is 143 Å². The van der Waals surface area contributed by atoms with Gasteiger partial charge in [0.15, 0.2) is 5.13 Å². The highest BCUT2D eigenvalue weighted by molar-refractivity contribution is 7.17. The number of thiazole rings is 1. The Balaban J connectivity index is 2.01. The fourth-order valence-electron chi connectivity index (χ4n) is 1.78. The van der Waals surface area contributed by atoms with E-state index >= 15 is 0 Å². The van der Waals surface area contributed by atoms with E-state index in [0.29, 0.717) is 26.4 Å². The van der Waals surface area contributed by atoms with E-state index in [4.69, 9.17) is 11.6 Å². The molecule has 0 saturated heterocycles. The van der Waals surface area contributed by atoms with E-state index in [2.05, 4.69) is 20.9 Å². The normalized spacial score (nSPS) is 10.5. The molecular formula is C15H17ClN4O2S. The van der Waals surface area contributed by atoms with Gasteiger partial charge in [-0.15, -0.1) is 0 Å². The Kier molecular flexibility index (Phi) is 5.57. The lowest BCUT2D eigenvalue weighted by molar-refractivity contribution is 0.0946. The van der Waals surface area contributed by atoms with Gasteiger partial charge in [-0.3, -0.25) is 10.1 Å². The molecule has 0 unspecified atom stereocenters. The molecule has 0 spiro atoms. The molecule has 23 heavy (non-hydrogen) atoms. The Morgan fingerprint density at radius 2 is 1.83 bits per heavy atom. The third kappa shape index (κ3) is 4.94. The molecule has 2 aromatic rings. The summed E-state index contributed by atoms with van der Waals surface area (Å²) < 4.78 is 0. The Hall–Kier alpha value is -2.12. The van der Waals surface area contributed by atoms with Crippen LogP contribution >= 0.6 is 22.9 Å². The zero-order valence-electron chi connectivity index (χ0n) is 12.9. The lowest BCUT2D eigenvalue weighted by Gasteiger charge is -2.06. The number of amides is 3. The van der Waals surface area contributed by atoms with Crippen LogP contribution in [0.3, 0.4) is 0 Å². The van der Waals surface area contributed by atoms with Crippen LogP contribution in [0.1, 0.15) is 29.2 Å². The average molecular weight is 353 g/mol. The number of aryl methyl sites for hydroxylation is 1. The highest BCUT2D eigenvalue weighted by Gasteiger charge is 2.17. The van der Waals surface area contributed by atoms with Gasteiger partial charge in [0.25, 0.3) is 5.91 Å². The molecule has 0 aliphatic heterocycles. The summed E-state index contributed by atoms with van der Waals surface area (Å²) in [6.07, 6.45) is 0. The van der Waals surface area contributed by atoms with Crippen molar-refractivity contribution in [1.29, 1.82) is 0 Å². The summed E-state index contributed by atoms with van der Waals surface area (Å²) >= 11 is 6.92. The van der Waals surface area contributed by atoms with E-state index in [1.807, 2.05) is 13.8 Å². The molecule has 1 aromatic carbocycles. The highest BCUT2D eigenvalue weighted by Crippen LogP contribution is 2.23. The molecule has 0 radical (unpaired) electrons. The van der Waals surface area contributed by atoms with Crippen molar-refractivity contribution >= 4 is 45.7 Å².